The Hall–Kier alpha value is -3.40. The zero-order chi connectivity index (χ0) is 47.1. The first-order valence-corrected chi connectivity index (χ1v) is 26.6. The molecule has 1 unspecified atom stereocenters. The number of likely N-dealkylation sites (tertiary alicyclic amines) is 1. The Morgan fingerprint density at radius 2 is 0.908 bits per heavy atom. The van der Waals surface area contributed by atoms with Crippen LogP contribution < -0.4 is 5.32 Å². The summed E-state index contributed by atoms with van der Waals surface area (Å²) in [6.07, 6.45) is 47.7. The van der Waals surface area contributed by atoms with E-state index in [0.717, 1.165) is 122 Å². The maximum Gasteiger partial charge on any atom is 0.407 e. The zero-order valence-electron chi connectivity index (χ0n) is 41.9. The molecule has 1 amide bonds. The van der Waals surface area contributed by atoms with Gasteiger partial charge in [0.2, 0.25) is 0 Å². The number of nitrogens with zero attached hydrogens (tertiary/aromatic N) is 1. The molecule has 1 heterocycles. The van der Waals surface area contributed by atoms with E-state index in [4.69, 9.17) is 18.9 Å². The van der Waals surface area contributed by atoms with Gasteiger partial charge in [0.15, 0.2) is 0 Å². The van der Waals surface area contributed by atoms with Crippen LogP contribution in [-0.2, 0) is 33.3 Å². The fourth-order valence-corrected chi connectivity index (χ4v) is 7.64. The molecular weight excluding hydrogens is 817 g/mol. The Morgan fingerprint density at radius 1 is 0.492 bits per heavy atom. The molecule has 1 atom stereocenters. The number of ether oxygens (including phenoxy) is 4. The molecule has 65 heavy (non-hydrogen) atoms. The highest BCUT2D eigenvalue weighted by Gasteiger charge is 2.21. The number of unbranched alkanes of at least 4 members (excludes halogenated alkanes) is 17. The number of carbonyl (C=O) groups is 4. The van der Waals surface area contributed by atoms with Gasteiger partial charge in [0, 0.05) is 32.4 Å². The van der Waals surface area contributed by atoms with Crippen LogP contribution in [0.5, 0.6) is 0 Å². The third kappa shape index (κ3) is 40.6. The van der Waals surface area contributed by atoms with Gasteiger partial charge < -0.3 is 29.2 Å². The van der Waals surface area contributed by atoms with Gasteiger partial charge in [0.1, 0.15) is 25.9 Å². The highest BCUT2D eigenvalue weighted by atomic mass is 16.6. The Bertz CT molecular complexity index is 1210. The molecular formula is C55H96N2O8. The van der Waals surface area contributed by atoms with Crippen LogP contribution in [0, 0.1) is 5.92 Å². The van der Waals surface area contributed by atoms with Crippen molar-refractivity contribution < 1.29 is 38.1 Å². The fourth-order valence-electron chi connectivity index (χ4n) is 7.64. The van der Waals surface area contributed by atoms with Crippen molar-refractivity contribution in [2.45, 2.75) is 226 Å². The minimum Gasteiger partial charge on any atom is -0.465 e. The van der Waals surface area contributed by atoms with Crippen LogP contribution in [0.3, 0.4) is 0 Å². The first-order valence-electron chi connectivity index (χ1n) is 26.6. The molecule has 10 nitrogen and oxygen atoms in total. The summed E-state index contributed by atoms with van der Waals surface area (Å²) in [4.78, 5) is 53.2. The maximum absolute atomic E-state index is 12.9. The normalized spacial score (nSPS) is 13.8. The Labute approximate surface area is 397 Å². The molecule has 1 fully saturated rings. The summed E-state index contributed by atoms with van der Waals surface area (Å²) in [6, 6.07) is 0. The molecule has 0 spiro atoms. The van der Waals surface area contributed by atoms with E-state index in [1.165, 1.54) is 64.2 Å². The van der Waals surface area contributed by atoms with E-state index in [2.05, 4.69) is 79.6 Å². The van der Waals surface area contributed by atoms with E-state index in [1.54, 1.807) is 0 Å². The first-order chi connectivity index (χ1) is 31.9. The summed E-state index contributed by atoms with van der Waals surface area (Å²) in [7, 11) is 0. The summed E-state index contributed by atoms with van der Waals surface area (Å²) < 4.78 is 22.6. The zero-order valence-corrected chi connectivity index (χ0v) is 41.9. The SMILES string of the molecule is CCCCC/C=C\C/C=C\CCCCCCCC(=O)OCC(COC(=O)CCCCCCC/C=C\C/C=C\CCCCC)COC(=O)CCC(CCCC)OC(=O)NCCN1CCCC1. The van der Waals surface area contributed by atoms with Gasteiger partial charge in [-0.15, -0.1) is 0 Å². The van der Waals surface area contributed by atoms with Gasteiger partial charge in [-0.2, -0.15) is 0 Å². The molecule has 1 N–H and O–H groups in total. The summed E-state index contributed by atoms with van der Waals surface area (Å²) in [5.41, 5.74) is 0. The summed E-state index contributed by atoms with van der Waals surface area (Å²) in [6.45, 7) is 9.98. The average Bonchev–Trinajstić information content (AvgIpc) is 3.83. The van der Waals surface area contributed by atoms with Gasteiger partial charge in [-0.25, -0.2) is 4.79 Å². The molecule has 0 saturated carbocycles. The van der Waals surface area contributed by atoms with Crippen molar-refractivity contribution in [1.29, 1.82) is 0 Å². The molecule has 10 heteroatoms. The Balaban J connectivity index is 2.47. The fraction of sp³-hybridized carbons (Fsp3) is 0.782. The van der Waals surface area contributed by atoms with Gasteiger partial charge in [0.05, 0.1) is 5.92 Å². The van der Waals surface area contributed by atoms with E-state index in [0.29, 0.717) is 32.2 Å². The maximum atomic E-state index is 12.9. The molecule has 374 valence electrons. The smallest absolute Gasteiger partial charge is 0.407 e. The lowest BCUT2D eigenvalue weighted by Gasteiger charge is -2.20. The van der Waals surface area contributed by atoms with Crippen LogP contribution in [-0.4, -0.2) is 81.0 Å². The van der Waals surface area contributed by atoms with Gasteiger partial charge in [-0.3, -0.25) is 14.4 Å². The third-order valence-corrected chi connectivity index (χ3v) is 11.8. The summed E-state index contributed by atoms with van der Waals surface area (Å²) in [5.74, 6) is -1.49. The van der Waals surface area contributed by atoms with Crippen molar-refractivity contribution in [1.82, 2.24) is 10.2 Å². The number of hydrogen-bond donors (Lipinski definition) is 1. The van der Waals surface area contributed by atoms with Crippen LogP contribution in [0.15, 0.2) is 48.6 Å². The van der Waals surface area contributed by atoms with Crippen LogP contribution in [0.25, 0.3) is 0 Å². The number of rotatable bonds is 44. The largest absolute Gasteiger partial charge is 0.465 e. The number of amides is 1. The van der Waals surface area contributed by atoms with Crippen LogP contribution >= 0.6 is 0 Å². The molecule has 0 aromatic carbocycles. The molecule has 1 saturated heterocycles. The van der Waals surface area contributed by atoms with E-state index >= 15 is 0 Å². The molecule has 1 aliphatic heterocycles. The second-order valence-corrected chi connectivity index (χ2v) is 18.1. The third-order valence-electron chi connectivity index (χ3n) is 11.8. The molecule has 0 aliphatic carbocycles. The lowest BCUT2D eigenvalue weighted by atomic mass is 10.1. The van der Waals surface area contributed by atoms with Crippen molar-refractivity contribution in [2.24, 2.45) is 5.92 Å². The van der Waals surface area contributed by atoms with Gasteiger partial charge in [-0.05, 0) is 116 Å². The van der Waals surface area contributed by atoms with Crippen molar-refractivity contribution in [3.63, 3.8) is 0 Å². The molecule has 0 radical (unpaired) electrons. The van der Waals surface area contributed by atoms with Crippen LogP contribution in [0.2, 0.25) is 0 Å². The summed E-state index contributed by atoms with van der Waals surface area (Å²) >= 11 is 0. The van der Waals surface area contributed by atoms with E-state index < -0.39 is 24.1 Å². The van der Waals surface area contributed by atoms with Gasteiger partial charge in [0.25, 0.3) is 0 Å². The summed E-state index contributed by atoms with van der Waals surface area (Å²) in [5, 5.41) is 2.86. The molecule has 0 bridgehead atoms. The van der Waals surface area contributed by atoms with Crippen LogP contribution in [0.1, 0.15) is 220 Å². The lowest BCUT2D eigenvalue weighted by Crippen LogP contribution is -2.35. The van der Waals surface area contributed by atoms with Crippen molar-refractivity contribution in [3.05, 3.63) is 48.6 Å². The minimum atomic E-state index is -0.477. The van der Waals surface area contributed by atoms with Crippen LogP contribution in [0.4, 0.5) is 4.79 Å². The number of hydrogen-bond acceptors (Lipinski definition) is 9. The van der Waals surface area contributed by atoms with Gasteiger partial charge in [-0.1, -0.05) is 146 Å². The molecule has 0 aromatic rings. The minimum absolute atomic E-state index is 0.00316. The first kappa shape index (κ1) is 59.6. The standard InChI is InChI=1S/C55H96N2O8/c1-4-7-10-12-14-16-18-20-22-24-26-28-30-32-34-39-52(58)62-47-50(48-63-53(59)40-35-33-31-29-27-25-23-21-19-17-15-13-11-8-5-2)49-64-54(60)42-41-51(38-9-6-3)65-55(61)56-43-46-57-44-36-37-45-57/h14-17,20-23,50-51H,4-13,18-19,24-49H2,1-3H3,(H,56,61)/b16-14-,17-15-,22-20-,23-21-. The number of alkyl carbamates (subject to hydrolysis) is 1. The molecule has 0 aromatic heterocycles. The Kier molecular flexibility index (Phi) is 42.0. The second kappa shape index (κ2) is 45.7. The quantitative estimate of drug-likeness (QED) is 0.0276. The number of esters is 3. The van der Waals surface area contributed by atoms with E-state index in [9.17, 15) is 19.2 Å². The number of carbonyl (C=O) groups excluding carboxylic acids is 4. The lowest BCUT2D eigenvalue weighted by molar-refractivity contribution is -0.153. The van der Waals surface area contributed by atoms with Crippen molar-refractivity contribution >= 4 is 24.0 Å². The number of nitrogens with one attached hydrogen (secondary N) is 1. The Morgan fingerprint density at radius 3 is 1.37 bits per heavy atom. The van der Waals surface area contributed by atoms with Crippen molar-refractivity contribution in [3.8, 4) is 0 Å². The molecule has 1 rings (SSSR count). The number of allylic oxidation sites excluding steroid dienone is 8. The topological polar surface area (TPSA) is 120 Å². The molecule has 1 aliphatic rings. The van der Waals surface area contributed by atoms with Crippen molar-refractivity contribution in [2.75, 3.05) is 46.0 Å². The second-order valence-electron chi connectivity index (χ2n) is 18.1. The van der Waals surface area contributed by atoms with Gasteiger partial charge >= 0.3 is 24.0 Å². The predicted octanol–water partition coefficient (Wildman–Crippen LogP) is 14.0. The highest BCUT2D eigenvalue weighted by Crippen LogP contribution is 2.15. The predicted molar refractivity (Wildman–Crippen MR) is 268 cm³/mol. The van der Waals surface area contributed by atoms with E-state index in [-0.39, 0.29) is 38.2 Å². The average molecular weight is 913 g/mol. The monoisotopic (exact) mass is 913 g/mol. The van der Waals surface area contributed by atoms with E-state index in [1.807, 2.05) is 0 Å². The highest BCUT2D eigenvalue weighted by molar-refractivity contribution is 5.70.